The van der Waals surface area contributed by atoms with E-state index in [9.17, 15) is 9.59 Å². The van der Waals surface area contributed by atoms with Crippen molar-refractivity contribution in [2.75, 3.05) is 19.3 Å². The molecule has 1 fully saturated rings. The fraction of sp³-hybridized carbons (Fsp3) is 0.353. The van der Waals surface area contributed by atoms with Crippen LogP contribution in [0.4, 0.5) is 0 Å². The molecule has 1 saturated heterocycles. The average Bonchev–Trinajstić information content (AvgIpc) is 3.01. The van der Waals surface area contributed by atoms with Gasteiger partial charge in [-0.2, -0.15) is 0 Å². The molecular weight excluding hydrogens is 328 g/mol. The lowest BCUT2D eigenvalue weighted by molar-refractivity contribution is 0.0768. The van der Waals surface area contributed by atoms with Crippen molar-refractivity contribution in [3.05, 3.63) is 52.2 Å². The van der Waals surface area contributed by atoms with Crippen LogP contribution in [0.5, 0.6) is 5.75 Å². The normalized spacial score (nSPS) is 17.1. The molecule has 0 aromatic carbocycles. The molecule has 3 rings (SSSR count). The van der Waals surface area contributed by atoms with E-state index in [4.69, 9.17) is 9.15 Å². The van der Waals surface area contributed by atoms with Gasteiger partial charge in [0, 0.05) is 25.2 Å². The van der Waals surface area contributed by atoms with Crippen molar-refractivity contribution >= 4 is 17.7 Å². The lowest BCUT2D eigenvalue weighted by atomic mass is 10.2. The zero-order valence-corrected chi connectivity index (χ0v) is 14.3. The number of hydrogen-bond donors (Lipinski definition) is 0. The summed E-state index contributed by atoms with van der Waals surface area (Å²) in [6.45, 7) is 2.80. The van der Waals surface area contributed by atoms with Gasteiger partial charge >= 0.3 is 5.63 Å². The molecule has 0 unspecified atom stereocenters. The minimum absolute atomic E-state index is 0.0395. The van der Waals surface area contributed by atoms with Crippen LogP contribution in [0, 0.1) is 6.92 Å². The number of aryl methyl sites for hydroxylation is 1. The van der Waals surface area contributed by atoms with Crippen molar-refractivity contribution in [2.24, 2.45) is 0 Å². The van der Waals surface area contributed by atoms with E-state index < -0.39 is 5.63 Å². The summed E-state index contributed by atoms with van der Waals surface area (Å²) in [5.74, 6) is 0.944. The minimum Gasteiger partial charge on any atom is -0.488 e. The number of aromatic nitrogens is 1. The molecule has 6 nitrogen and oxygen atoms in total. The third kappa shape index (κ3) is 3.62. The van der Waals surface area contributed by atoms with Crippen molar-refractivity contribution in [1.82, 2.24) is 9.88 Å². The van der Waals surface area contributed by atoms with E-state index in [-0.39, 0.29) is 12.0 Å². The first-order chi connectivity index (χ1) is 11.6. The molecule has 0 bridgehead atoms. The van der Waals surface area contributed by atoms with E-state index in [1.54, 1.807) is 36.2 Å². The number of hydrogen-bond acceptors (Lipinski definition) is 6. The van der Waals surface area contributed by atoms with Crippen LogP contribution in [-0.4, -0.2) is 41.2 Å². The number of likely N-dealkylation sites (tertiary alicyclic amines) is 1. The molecule has 126 valence electrons. The summed E-state index contributed by atoms with van der Waals surface area (Å²) >= 11 is 1.45. The van der Waals surface area contributed by atoms with Crippen LogP contribution in [0.1, 0.15) is 22.5 Å². The highest BCUT2D eigenvalue weighted by atomic mass is 32.2. The molecule has 1 atom stereocenters. The first kappa shape index (κ1) is 16.6. The van der Waals surface area contributed by atoms with Gasteiger partial charge in [0.25, 0.3) is 5.91 Å². The minimum atomic E-state index is -0.434. The van der Waals surface area contributed by atoms with Gasteiger partial charge in [-0.1, -0.05) is 0 Å². The first-order valence-corrected chi connectivity index (χ1v) is 8.86. The van der Waals surface area contributed by atoms with Crippen molar-refractivity contribution in [2.45, 2.75) is 24.5 Å². The van der Waals surface area contributed by atoms with Gasteiger partial charge in [-0.15, -0.1) is 11.8 Å². The molecule has 0 aliphatic carbocycles. The second-order valence-corrected chi connectivity index (χ2v) is 6.36. The maximum Gasteiger partial charge on any atom is 0.339 e. The summed E-state index contributed by atoms with van der Waals surface area (Å²) in [6.07, 6.45) is 4.17. The predicted octanol–water partition coefficient (Wildman–Crippen LogP) is 2.36. The summed E-state index contributed by atoms with van der Waals surface area (Å²) in [5, 5.41) is 0.725. The van der Waals surface area contributed by atoms with Crippen LogP contribution in [0.2, 0.25) is 0 Å². The van der Waals surface area contributed by atoms with Gasteiger partial charge in [0.05, 0.1) is 18.2 Å². The van der Waals surface area contributed by atoms with E-state index in [0.717, 1.165) is 11.4 Å². The molecule has 0 spiro atoms. The molecule has 0 N–H and O–H groups in total. The second-order valence-electron chi connectivity index (χ2n) is 5.56. The van der Waals surface area contributed by atoms with E-state index in [1.807, 2.05) is 6.26 Å². The number of thioether (sulfide) groups is 1. The molecule has 1 aliphatic rings. The number of nitrogens with zero attached hydrogens (tertiary/aromatic N) is 2. The highest BCUT2D eigenvalue weighted by molar-refractivity contribution is 7.98. The number of carbonyl (C=O) groups is 1. The van der Waals surface area contributed by atoms with Crippen LogP contribution in [0.3, 0.4) is 0 Å². The molecule has 2 aromatic heterocycles. The Morgan fingerprint density at radius 2 is 2.29 bits per heavy atom. The zero-order chi connectivity index (χ0) is 17.1. The van der Waals surface area contributed by atoms with Gasteiger partial charge in [-0.3, -0.25) is 4.79 Å². The lowest BCUT2D eigenvalue weighted by Gasteiger charge is -2.18. The number of amides is 1. The Morgan fingerprint density at radius 3 is 3.04 bits per heavy atom. The van der Waals surface area contributed by atoms with E-state index in [1.165, 1.54) is 17.8 Å². The van der Waals surface area contributed by atoms with Gasteiger partial charge in [-0.05, 0) is 25.3 Å². The Kier molecular flexibility index (Phi) is 4.89. The first-order valence-electron chi connectivity index (χ1n) is 7.63. The highest BCUT2D eigenvalue weighted by Gasteiger charge is 2.29. The Balaban J connectivity index is 1.68. The van der Waals surface area contributed by atoms with Crippen LogP contribution in [0.15, 0.2) is 44.7 Å². The summed E-state index contributed by atoms with van der Waals surface area (Å²) in [7, 11) is 0. The third-order valence-electron chi connectivity index (χ3n) is 3.80. The predicted molar refractivity (Wildman–Crippen MR) is 90.7 cm³/mol. The molecule has 1 amide bonds. The summed E-state index contributed by atoms with van der Waals surface area (Å²) in [6, 6.07) is 6.56. The molecule has 0 saturated carbocycles. The molecule has 3 heterocycles. The number of pyridine rings is 1. The van der Waals surface area contributed by atoms with Crippen molar-refractivity contribution < 1.29 is 13.9 Å². The molecule has 0 radical (unpaired) electrons. The maximum atomic E-state index is 12.7. The van der Waals surface area contributed by atoms with Crippen molar-refractivity contribution in [3.8, 4) is 5.75 Å². The number of carbonyl (C=O) groups excluding carboxylic acids is 1. The highest BCUT2D eigenvalue weighted by Crippen LogP contribution is 2.23. The molecule has 7 heteroatoms. The van der Waals surface area contributed by atoms with Gasteiger partial charge in [0.15, 0.2) is 0 Å². The van der Waals surface area contributed by atoms with Gasteiger partial charge < -0.3 is 14.1 Å². The van der Waals surface area contributed by atoms with Crippen LogP contribution in [-0.2, 0) is 0 Å². The largest absolute Gasteiger partial charge is 0.488 e. The van der Waals surface area contributed by atoms with Crippen molar-refractivity contribution in [3.63, 3.8) is 0 Å². The summed E-state index contributed by atoms with van der Waals surface area (Å²) in [5.41, 5.74) is 0.178. The fourth-order valence-corrected chi connectivity index (χ4v) is 3.27. The van der Waals surface area contributed by atoms with Gasteiger partial charge in [0.2, 0.25) is 0 Å². The number of ether oxygens (including phenoxy) is 1. The second kappa shape index (κ2) is 7.09. The molecular formula is C17H18N2O4S. The monoisotopic (exact) mass is 346 g/mol. The van der Waals surface area contributed by atoms with Crippen LogP contribution >= 0.6 is 11.8 Å². The Hall–Kier alpha value is -2.28. The topological polar surface area (TPSA) is 72.6 Å². The Labute approximate surface area is 143 Å². The Morgan fingerprint density at radius 1 is 1.46 bits per heavy atom. The fourth-order valence-electron chi connectivity index (χ4n) is 2.73. The summed E-state index contributed by atoms with van der Waals surface area (Å²) in [4.78, 5) is 30.1. The molecule has 24 heavy (non-hydrogen) atoms. The van der Waals surface area contributed by atoms with E-state index >= 15 is 0 Å². The Bertz CT molecular complexity index is 805. The van der Waals surface area contributed by atoms with Crippen LogP contribution < -0.4 is 10.4 Å². The maximum absolute atomic E-state index is 12.7. The van der Waals surface area contributed by atoms with Crippen molar-refractivity contribution in [1.29, 1.82) is 0 Å². The van der Waals surface area contributed by atoms with E-state index in [0.29, 0.717) is 30.2 Å². The summed E-state index contributed by atoms with van der Waals surface area (Å²) < 4.78 is 10.8. The average molecular weight is 346 g/mol. The quantitative estimate of drug-likeness (QED) is 0.792. The molecule has 2 aromatic rings. The van der Waals surface area contributed by atoms with Gasteiger partial charge in [0.1, 0.15) is 22.6 Å². The van der Waals surface area contributed by atoms with Gasteiger partial charge in [-0.25, -0.2) is 9.78 Å². The molecule has 1 aliphatic heterocycles. The van der Waals surface area contributed by atoms with E-state index in [2.05, 4.69) is 4.98 Å². The third-order valence-corrected chi connectivity index (χ3v) is 4.51. The van der Waals surface area contributed by atoms with Crippen LogP contribution in [0.25, 0.3) is 0 Å². The smallest absolute Gasteiger partial charge is 0.339 e. The lowest BCUT2D eigenvalue weighted by Crippen LogP contribution is -2.31. The SMILES string of the molecule is CSc1ncccc1C(=O)N1CC[C@@H](Oc2cc(C)oc(=O)c2)C1. The zero-order valence-electron chi connectivity index (χ0n) is 13.5. The standard InChI is InChI=1S/C17H18N2O4S/c1-11-8-13(9-15(20)22-11)23-12-5-7-19(10-12)17(21)14-4-3-6-18-16(14)24-2/h3-4,6,8-9,12H,5,7,10H2,1-2H3/t12-/m1/s1. The number of rotatable bonds is 4.